The Hall–Kier alpha value is -1.94. The summed E-state index contributed by atoms with van der Waals surface area (Å²) < 4.78 is 1.96. The minimum Gasteiger partial charge on any atom is -0.281 e. The van der Waals surface area contributed by atoms with Crippen LogP contribution in [0.15, 0.2) is 36.8 Å². The Morgan fingerprint density at radius 2 is 2.18 bits per heavy atom. The van der Waals surface area contributed by atoms with Crippen molar-refractivity contribution in [3.63, 3.8) is 0 Å². The van der Waals surface area contributed by atoms with Crippen molar-refractivity contribution in [1.82, 2.24) is 19.4 Å². The summed E-state index contributed by atoms with van der Waals surface area (Å²) in [6.07, 6.45) is 5.23. The van der Waals surface area contributed by atoms with Crippen LogP contribution in [0.4, 0.5) is 0 Å². The first kappa shape index (κ1) is 10.2. The lowest BCUT2D eigenvalue weighted by Crippen LogP contribution is -1.96. The highest BCUT2D eigenvalue weighted by Crippen LogP contribution is 2.21. The highest BCUT2D eigenvalue weighted by Gasteiger charge is 2.09. The van der Waals surface area contributed by atoms with Crippen molar-refractivity contribution >= 4 is 17.2 Å². The lowest BCUT2D eigenvalue weighted by molar-refractivity contribution is 1.05. The largest absolute Gasteiger partial charge is 0.281 e. The predicted octanol–water partition coefficient (Wildman–Crippen LogP) is 2.75. The maximum atomic E-state index is 5.91. The van der Waals surface area contributed by atoms with Crippen molar-refractivity contribution in [1.29, 1.82) is 0 Å². The summed E-state index contributed by atoms with van der Waals surface area (Å²) >= 11 is 5.91. The number of aryl methyl sites for hydroxylation is 1. The molecule has 0 fully saturated rings. The molecule has 0 atom stereocenters. The van der Waals surface area contributed by atoms with Crippen molar-refractivity contribution in [3.05, 3.63) is 47.6 Å². The van der Waals surface area contributed by atoms with Crippen LogP contribution in [0, 0.1) is 6.92 Å². The first-order chi connectivity index (χ1) is 8.25. The molecule has 0 aliphatic carbocycles. The number of nitrogens with zero attached hydrogens (tertiary/aromatic N) is 4. The molecule has 4 nitrogen and oxygen atoms in total. The van der Waals surface area contributed by atoms with E-state index in [1.165, 1.54) is 0 Å². The Balaban J connectivity index is 2.32. The van der Waals surface area contributed by atoms with Crippen LogP contribution in [0.1, 0.15) is 5.69 Å². The molecule has 17 heavy (non-hydrogen) atoms. The lowest BCUT2D eigenvalue weighted by Gasteiger charge is -2.04. The number of imidazole rings is 1. The molecule has 0 amide bonds. The molecule has 0 aliphatic rings. The number of aromatic nitrogens is 4. The summed E-state index contributed by atoms with van der Waals surface area (Å²) in [5.41, 5.74) is 2.70. The lowest BCUT2D eigenvalue weighted by atomic mass is 10.2. The molecule has 0 aromatic carbocycles. The predicted molar refractivity (Wildman–Crippen MR) is 66.0 cm³/mol. The van der Waals surface area contributed by atoms with E-state index in [0.29, 0.717) is 5.15 Å². The van der Waals surface area contributed by atoms with Gasteiger partial charge in [0.1, 0.15) is 11.0 Å². The van der Waals surface area contributed by atoms with Gasteiger partial charge in [-0.15, -0.1) is 0 Å². The van der Waals surface area contributed by atoms with Gasteiger partial charge in [-0.3, -0.25) is 9.38 Å². The first-order valence-electron chi connectivity index (χ1n) is 5.17. The normalized spacial score (nSPS) is 10.9. The molecule has 0 unspecified atom stereocenters. The molecule has 0 radical (unpaired) electrons. The zero-order valence-electron chi connectivity index (χ0n) is 9.13. The fourth-order valence-corrected chi connectivity index (χ4v) is 2.09. The van der Waals surface area contributed by atoms with Gasteiger partial charge in [0.2, 0.25) is 0 Å². The van der Waals surface area contributed by atoms with E-state index in [2.05, 4.69) is 15.0 Å². The molecule has 5 heteroatoms. The smallest absolute Gasteiger partial charge is 0.158 e. The van der Waals surface area contributed by atoms with Crippen molar-refractivity contribution in [2.45, 2.75) is 6.92 Å². The second-order valence-corrected chi connectivity index (χ2v) is 4.12. The van der Waals surface area contributed by atoms with Crippen LogP contribution < -0.4 is 0 Å². The molecular weight excluding hydrogens is 236 g/mol. The Bertz CT molecular complexity index is 676. The Morgan fingerprint density at radius 3 is 2.94 bits per heavy atom. The summed E-state index contributed by atoms with van der Waals surface area (Å²) in [6, 6.07) is 5.67. The molecule has 3 aromatic heterocycles. The third kappa shape index (κ3) is 1.66. The number of halogens is 1. The third-order valence-electron chi connectivity index (χ3n) is 2.56. The summed E-state index contributed by atoms with van der Waals surface area (Å²) in [6.45, 7) is 1.97. The topological polar surface area (TPSA) is 43.1 Å². The van der Waals surface area contributed by atoms with Gasteiger partial charge in [0.05, 0.1) is 6.20 Å². The highest BCUT2D eigenvalue weighted by molar-refractivity contribution is 6.29. The average molecular weight is 245 g/mol. The van der Waals surface area contributed by atoms with Crippen molar-refractivity contribution in [2.75, 3.05) is 0 Å². The Labute approximate surface area is 103 Å². The van der Waals surface area contributed by atoms with E-state index < -0.39 is 0 Å². The second kappa shape index (κ2) is 3.82. The van der Waals surface area contributed by atoms with Crippen molar-refractivity contribution in [2.24, 2.45) is 0 Å². The molecule has 0 aliphatic heterocycles. The molecule has 0 N–H and O–H groups in total. The summed E-state index contributed by atoms with van der Waals surface area (Å²) in [5, 5.41) is 0.479. The van der Waals surface area contributed by atoms with E-state index in [1.54, 1.807) is 18.6 Å². The Kier molecular flexibility index (Phi) is 2.30. The molecular formula is C12H9ClN4. The van der Waals surface area contributed by atoms with Gasteiger partial charge >= 0.3 is 0 Å². The maximum Gasteiger partial charge on any atom is 0.158 e. The fraction of sp³-hybridized carbons (Fsp3) is 0.0833. The van der Waals surface area contributed by atoms with Crippen molar-refractivity contribution in [3.8, 4) is 11.4 Å². The first-order valence-corrected chi connectivity index (χ1v) is 5.54. The second-order valence-electron chi connectivity index (χ2n) is 3.74. The van der Waals surface area contributed by atoms with E-state index in [1.807, 2.05) is 29.5 Å². The van der Waals surface area contributed by atoms with Crippen LogP contribution in [0.2, 0.25) is 5.15 Å². The molecule has 0 bridgehead atoms. The van der Waals surface area contributed by atoms with Crippen LogP contribution in [0.5, 0.6) is 0 Å². The number of rotatable bonds is 1. The van der Waals surface area contributed by atoms with Crippen LogP contribution in [-0.4, -0.2) is 19.4 Å². The Morgan fingerprint density at radius 1 is 1.29 bits per heavy atom. The summed E-state index contributed by atoms with van der Waals surface area (Å²) in [7, 11) is 0. The van der Waals surface area contributed by atoms with E-state index in [-0.39, 0.29) is 0 Å². The van der Waals surface area contributed by atoms with Gasteiger partial charge in [0.15, 0.2) is 5.65 Å². The standard InChI is InChI=1S/C12H9ClN4/c1-8-5-10(13)16-11-7-15-12(17(8)11)9-3-2-4-14-6-9/h2-7H,1H3. The molecule has 0 saturated heterocycles. The molecule has 3 aromatic rings. The van der Waals surface area contributed by atoms with Gasteiger partial charge in [-0.25, -0.2) is 9.97 Å². The summed E-state index contributed by atoms with van der Waals surface area (Å²) in [5.74, 6) is 0.828. The molecule has 84 valence electrons. The molecule has 3 rings (SSSR count). The van der Waals surface area contributed by atoms with Crippen LogP contribution in [0.3, 0.4) is 0 Å². The quantitative estimate of drug-likeness (QED) is 0.618. The zero-order valence-corrected chi connectivity index (χ0v) is 9.89. The van der Waals surface area contributed by atoms with E-state index in [0.717, 1.165) is 22.7 Å². The zero-order chi connectivity index (χ0) is 11.8. The summed E-state index contributed by atoms with van der Waals surface area (Å²) in [4.78, 5) is 12.7. The molecule has 0 saturated carbocycles. The van der Waals surface area contributed by atoms with Crippen LogP contribution in [-0.2, 0) is 0 Å². The van der Waals surface area contributed by atoms with Gasteiger partial charge in [-0.1, -0.05) is 11.6 Å². The minimum absolute atomic E-state index is 0.479. The van der Waals surface area contributed by atoms with Gasteiger partial charge in [0.25, 0.3) is 0 Å². The van der Waals surface area contributed by atoms with Gasteiger partial charge in [0, 0.05) is 23.7 Å². The molecule has 0 spiro atoms. The fourth-order valence-electron chi connectivity index (χ4n) is 1.85. The van der Waals surface area contributed by atoms with E-state index in [9.17, 15) is 0 Å². The maximum absolute atomic E-state index is 5.91. The number of hydrogen-bond acceptors (Lipinski definition) is 3. The minimum atomic E-state index is 0.479. The van der Waals surface area contributed by atoms with Gasteiger partial charge in [-0.05, 0) is 25.1 Å². The third-order valence-corrected chi connectivity index (χ3v) is 2.76. The molecule has 3 heterocycles. The van der Waals surface area contributed by atoms with Gasteiger partial charge < -0.3 is 0 Å². The SMILES string of the molecule is Cc1cc(Cl)nc2cnc(-c3cccnc3)n12. The highest BCUT2D eigenvalue weighted by atomic mass is 35.5. The number of fused-ring (bicyclic) bond motifs is 1. The monoisotopic (exact) mass is 244 g/mol. The van der Waals surface area contributed by atoms with Crippen LogP contribution >= 0.6 is 11.6 Å². The number of pyridine rings is 1. The average Bonchev–Trinajstić information content (AvgIpc) is 2.74. The van der Waals surface area contributed by atoms with Crippen molar-refractivity contribution < 1.29 is 0 Å². The number of hydrogen-bond donors (Lipinski definition) is 0. The van der Waals surface area contributed by atoms with E-state index >= 15 is 0 Å². The van der Waals surface area contributed by atoms with E-state index in [4.69, 9.17) is 11.6 Å². The van der Waals surface area contributed by atoms with Gasteiger partial charge in [-0.2, -0.15) is 0 Å². The van der Waals surface area contributed by atoms with Crippen LogP contribution in [0.25, 0.3) is 17.0 Å².